The van der Waals surface area contributed by atoms with Crippen LogP contribution in [0.5, 0.6) is 0 Å². The number of amides is 1. The number of aromatic nitrogens is 3. The van der Waals surface area contributed by atoms with E-state index in [4.69, 9.17) is 11.6 Å². The highest BCUT2D eigenvalue weighted by atomic mass is 35.5. The summed E-state index contributed by atoms with van der Waals surface area (Å²) in [4.78, 5) is 23.7. The van der Waals surface area contributed by atoms with Crippen molar-refractivity contribution in [3.63, 3.8) is 0 Å². The van der Waals surface area contributed by atoms with Crippen LogP contribution in [0.15, 0.2) is 42.9 Å². The third-order valence-corrected chi connectivity index (χ3v) is 5.18. The normalized spacial score (nSPS) is 15.4. The fourth-order valence-electron chi connectivity index (χ4n) is 3.49. The van der Waals surface area contributed by atoms with Crippen molar-refractivity contribution < 1.29 is 4.79 Å². The molecule has 26 heavy (non-hydrogen) atoms. The molecule has 0 unspecified atom stereocenters. The number of nitrogens with one attached hydrogen (secondary N) is 1. The third kappa shape index (κ3) is 3.12. The third-order valence-electron chi connectivity index (χ3n) is 4.87. The van der Waals surface area contributed by atoms with Crippen molar-refractivity contribution in [1.82, 2.24) is 19.9 Å². The highest BCUT2D eigenvalue weighted by Crippen LogP contribution is 2.25. The van der Waals surface area contributed by atoms with Crippen molar-refractivity contribution >= 4 is 34.4 Å². The van der Waals surface area contributed by atoms with E-state index in [2.05, 4.69) is 20.2 Å². The van der Waals surface area contributed by atoms with Gasteiger partial charge in [-0.25, -0.2) is 4.98 Å². The van der Waals surface area contributed by atoms with Crippen LogP contribution in [0.3, 0.4) is 0 Å². The number of aryl methyl sites for hydroxylation is 1. The predicted molar refractivity (Wildman–Crippen MR) is 103 cm³/mol. The van der Waals surface area contributed by atoms with Gasteiger partial charge in [-0.15, -0.1) is 0 Å². The number of rotatable bonds is 3. The van der Waals surface area contributed by atoms with E-state index in [-0.39, 0.29) is 11.9 Å². The van der Waals surface area contributed by atoms with Gasteiger partial charge in [-0.2, -0.15) is 0 Å². The Kier molecular flexibility index (Phi) is 4.51. The van der Waals surface area contributed by atoms with Crippen LogP contribution in [0.25, 0.3) is 10.9 Å². The summed E-state index contributed by atoms with van der Waals surface area (Å²) >= 11 is 6.20. The molecule has 3 aromatic rings. The molecule has 1 amide bonds. The molecular weight excluding hydrogens is 350 g/mol. The first kappa shape index (κ1) is 16.8. The second-order valence-electron chi connectivity index (χ2n) is 6.57. The molecule has 0 spiro atoms. The summed E-state index contributed by atoms with van der Waals surface area (Å²) in [5.41, 5.74) is 1.27. The fraction of sp³-hybridized carbons (Fsp3) is 0.316. The summed E-state index contributed by atoms with van der Waals surface area (Å²) < 4.78 is 2.02. The van der Waals surface area contributed by atoms with E-state index in [9.17, 15) is 4.79 Å². The molecule has 4 rings (SSSR count). The minimum Gasteiger partial charge on any atom is -0.349 e. The van der Waals surface area contributed by atoms with E-state index in [1.54, 1.807) is 18.3 Å². The molecule has 0 saturated carbocycles. The van der Waals surface area contributed by atoms with E-state index < -0.39 is 0 Å². The molecule has 0 atom stereocenters. The summed E-state index contributed by atoms with van der Waals surface area (Å²) in [5.74, 6) is 0.902. The van der Waals surface area contributed by atoms with Crippen LogP contribution in [-0.4, -0.2) is 39.6 Å². The molecular formula is C19H20ClN5O. The monoisotopic (exact) mass is 369 g/mol. The molecule has 1 saturated heterocycles. The molecule has 1 aromatic carbocycles. The standard InChI is InChI=1S/C19H20ClN5O/c1-24-12-9-22-19(24)25-10-6-13(7-11-25)23-18(26)15-4-5-16(20)17-14(15)3-2-8-21-17/h2-5,8-9,12-13H,6-7,10-11H2,1H3,(H,23,26). The van der Waals surface area contributed by atoms with E-state index in [0.29, 0.717) is 16.1 Å². The molecule has 1 fully saturated rings. The van der Waals surface area contributed by atoms with Gasteiger partial charge < -0.3 is 14.8 Å². The van der Waals surface area contributed by atoms with Gasteiger partial charge >= 0.3 is 0 Å². The number of imidazole rings is 1. The van der Waals surface area contributed by atoms with Crippen molar-refractivity contribution in [2.24, 2.45) is 7.05 Å². The predicted octanol–water partition coefficient (Wildman–Crippen LogP) is 3.02. The Morgan fingerprint density at radius 3 is 2.73 bits per heavy atom. The first-order valence-corrected chi connectivity index (χ1v) is 9.07. The topological polar surface area (TPSA) is 63.1 Å². The van der Waals surface area contributed by atoms with Crippen molar-refractivity contribution in [2.75, 3.05) is 18.0 Å². The summed E-state index contributed by atoms with van der Waals surface area (Å²) in [6.07, 6.45) is 7.22. The largest absolute Gasteiger partial charge is 0.349 e. The number of nitrogens with zero attached hydrogens (tertiary/aromatic N) is 4. The van der Waals surface area contributed by atoms with E-state index >= 15 is 0 Å². The molecule has 0 bridgehead atoms. The van der Waals surface area contributed by atoms with E-state index in [1.165, 1.54) is 0 Å². The van der Waals surface area contributed by atoms with Gasteiger partial charge in [0.15, 0.2) is 0 Å². The zero-order chi connectivity index (χ0) is 18.1. The lowest BCUT2D eigenvalue weighted by Gasteiger charge is -2.33. The number of anilines is 1. The van der Waals surface area contributed by atoms with Gasteiger partial charge in [-0.05, 0) is 31.0 Å². The number of pyridine rings is 1. The quantitative estimate of drug-likeness (QED) is 0.770. The van der Waals surface area contributed by atoms with Crippen LogP contribution in [-0.2, 0) is 7.05 Å². The van der Waals surface area contributed by atoms with Crippen molar-refractivity contribution in [2.45, 2.75) is 18.9 Å². The van der Waals surface area contributed by atoms with Gasteiger partial charge in [-0.3, -0.25) is 9.78 Å². The molecule has 0 aliphatic carbocycles. The molecule has 1 aliphatic rings. The molecule has 1 aliphatic heterocycles. The van der Waals surface area contributed by atoms with Gasteiger partial charge in [0.1, 0.15) is 0 Å². The lowest BCUT2D eigenvalue weighted by Crippen LogP contribution is -2.45. The zero-order valence-corrected chi connectivity index (χ0v) is 15.3. The van der Waals surface area contributed by atoms with Gasteiger partial charge in [0, 0.05) is 55.7 Å². The average Bonchev–Trinajstić information content (AvgIpc) is 3.09. The Bertz CT molecular complexity index is 946. The lowest BCUT2D eigenvalue weighted by molar-refractivity contribution is 0.0932. The Balaban J connectivity index is 1.45. The fourth-order valence-corrected chi connectivity index (χ4v) is 3.70. The maximum atomic E-state index is 12.8. The number of carbonyl (C=O) groups is 1. The maximum absolute atomic E-state index is 12.8. The van der Waals surface area contributed by atoms with Gasteiger partial charge in [0.25, 0.3) is 5.91 Å². The lowest BCUT2D eigenvalue weighted by atomic mass is 10.0. The Morgan fingerprint density at radius 1 is 1.19 bits per heavy atom. The number of benzene rings is 1. The molecule has 134 valence electrons. The number of piperidine rings is 1. The number of fused-ring (bicyclic) bond motifs is 1. The van der Waals surface area contributed by atoms with Gasteiger partial charge in [0.05, 0.1) is 10.5 Å². The molecule has 6 nitrogen and oxygen atoms in total. The SMILES string of the molecule is Cn1ccnc1N1CCC(NC(=O)c2ccc(Cl)c3ncccc23)CC1. The second kappa shape index (κ2) is 6.96. The van der Waals surface area contributed by atoms with Crippen LogP contribution < -0.4 is 10.2 Å². The van der Waals surface area contributed by atoms with Gasteiger partial charge in [0.2, 0.25) is 5.95 Å². The second-order valence-corrected chi connectivity index (χ2v) is 6.97. The van der Waals surface area contributed by atoms with Gasteiger partial charge in [-0.1, -0.05) is 17.7 Å². The van der Waals surface area contributed by atoms with Crippen LogP contribution >= 0.6 is 11.6 Å². The summed E-state index contributed by atoms with van der Waals surface area (Å²) in [5, 5.41) is 4.50. The minimum atomic E-state index is -0.0740. The smallest absolute Gasteiger partial charge is 0.252 e. The van der Waals surface area contributed by atoms with Crippen LogP contribution in [0.1, 0.15) is 23.2 Å². The number of hydrogen-bond donors (Lipinski definition) is 1. The molecule has 3 heterocycles. The highest BCUT2D eigenvalue weighted by Gasteiger charge is 2.23. The molecule has 2 aromatic heterocycles. The number of hydrogen-bond acceptors (Lipinski definition) is 4. The van der Waals surface area contributed by atoms with E-state index in [1.807, 2.05) is 36.1 Å². The maximum Gasteiger partial charge on any atom is 0.252 e. The van der Waals surface area contributed by atoms with E-state index in [0.717, 1.165) is 37.3 Å². The van der Waals surface area contributed by atoms with Crippen LogP contribution in [0, 0.1) is 0 Å². The minimum absolute atomic E-state index is 0.0740. The first-order valence-electron chi connectivity index (χ1n) is 8.70. The Labute approximate surface area is 156 Å². The average molecular weight is 370 g/mol. The first-order chi connectivity index (χ1) is 12.6. The molecule has 1 N–H and O–H groups in total. The molecule has 0 radical (unpaired) electrons. The Hall–Kier alpha value is -2.60. The molecule has 7 heteroatoms. The number of carbonyl (C=O) groups excluding carboxylic acids is 1. The Morgan fingerprint density at radius 2 is 2.00 bits per heavy atom. The summed E-state index contributed by atoms with van der Waals surface area (Å²) in [6.45, 7) is 1.75. The van der Waals surface area contributed by atoms with Crippen molar-refractivity contribution in [3.05, 3.63) is 53.4 Å². The zero-order valence-electron chi connectivity index (χ0n) is 14.5. The summed E-state index contributed by atoms with van der Waals surface area (Å²) in [6, 6.07) is 7.36. The van der Waals surface area contributed by atoms with Crippen LogP contribution in [0.2, 0.25) is 5.02 Å². The highest BCUT2D eigenvalue weighted by molar-refractivity contribution is 6.35. The summed E-state index contributed by atoms with van der Waals surface area (Å²) in [7, 11) is 2.00. The number of halogens is 1. The van der Waals surface area contributed by atoms with Crippen molar-refractivity contribution in [1.29, 1.82) is 0 Å². The van der Waals surface area contributed by atoms with Crippen molar-refractivity contribution in [3.8, 4) is 0 Å². The van der Waals surface area contributed by atoms with Crippen LogP contribution in [0.4, 0.5) is 5.95 Å².